The molecule has 1 saturated heterocycles. The van der Waals surface area contributed by atoms with Gasteiger partial charge in [0.05, 0.1) is 12.4 Å². The molecule has 1 aliphatic rings. The van der Waals surface area contributed by atoms with E-state index in [-0.39, 0.29) is 18.6 Å². The van der Waals surface area contributed by atoms with Crippen LogP contribution in [0.4, 0.5) is 0 Å². The number of carboxylic acid groups (broad SMARTS) is 1. The molecule has 1 fully saturated rings. The number of nitrogens with one attached hydrogen (secondary N) is 3. The number of unbranched alkanes of at least 4 members (excludes halogenated alkanes) is 1. The average molecular weight is 484 g/mol. The number of imidazole rings is 1. The van der Waals surface area contributed by atoms with E-state index in [4.69, 9.17) is 11.5 Å². The molecule has 0 aromatic carbocycles. The molecule has 1 aliphatic heterocycles. The summed E-state index contributed by atoms with van der Waals surface area (Å²) in [6.07, 6.45) is 5.56. The van der Waals surface area contributed by atoms with E-state index in [1.165, 1.54) is 17.4 Å². The Morgan fingerprint density at radius 2 is 2.03 bits per heavy atom. The Balaban J connectivity index is 2.12. The predicted octanol–water partition coefficient (Wildman–Crippen LogP) is -1.62. The minimum atomic E-state index is -1.14. The second-order valence-electron chi connectivity index (χ2n) is 8.00. The van der Waals surface area contributed by atoms with E-state index in [1.807, 2.05) is 0 Å². The van der Waals surface area contributed by atoms with Crippen LogP contribution in [0.5, 0.6) is 0 Å². The van der Waals surface area contributed by atoms with Gasteiger partial charge >= 0.3 is 5.97 Å². The lowest BCUT2D eigenvalue weighted by Crippen LogP contribution is -2.57. The highest BCUT2D eigenvalue weighted by Crippen LogP contribution is 2.20. The number of aromatic amines is 1. The fraction of sp³-hybridized carbons (Fsp3) is 0.650. The number of carbonyl (C=O) groups excluding carboxylic acids is 3. The molecule has 2 rings (SSSR count). The van der Waals surface area contributed by atoms with Gasteiger partial charge in [-0.3, -0.25) is 14.4 Å². The second kappa shape index (κ2) is 13.2. The smallest absolute Gasteiger partial charge is 0.326 e. The molecule has 0 radical (unpaired) electrons. The number of likely N-dealkylation sites (tertiary alicyclic amines) is 1. The Bertz CT molecular complexity index is 807. The van der Waals surface area contributed by atoms with E-state index >= 15 is 0 Å². The van der Waals surface area contributed by atoms with Gasteiger partial charge in [0.25, 0.3) is 0 Å². The van der Waals surface area contributed by atoms with Crippen LogP contribution in [-0.2, 0) is 25.6 Å². The molecule has 2 heterocycles. The number of nitrogens with zero attached hydrogens (tertiary/aromatic N) is 2. The molecule has 3 amide bonds. The van der Waals surface area contributed by atoms with Crippen LogP contribution in [0.2, 0.25) is 0 Å². The van der Waals surface area contributed by atoms with Crippen molar-refractivity contribution in [3.8, 4) is 0 Å². The highest BCUT2D eigenvalue weighted by molar-refractivity contribution is 7.80. The van der Waals surface area contributed by atoms with Crippen molar-refractivity contribution in [3.63, 3.8) is 0 Å². The van der Waals surface area contributed by atoms with Gasteiger partial charge in [0.2, 0.25) is 17.7 Å². The molecule has 13 heteroatoms. The number of carboxylic acids is 1. The highest BCUT2D eigenvalue weighted by atomic mass is 32.1. The normalized spacial score (nSPS) is 18.4. The minimum absolute atomic E-state index is 0.103. The zero-order valence-electron chi connectivity index (χ0n) is 18.4. The van der Waals surface area contributed by atoms with Crippen molar-refractivity contribution in [1.82, 2.24) is 25.5 Å². The van der Waals surface area contributed by atoms with Gasteiger partial charge in [-0.2, -0.15) is 12.6 Å². The van der Waals surface area contributed by atoms with Crippen molar-refractivity contribution in [3.05, 3.63) is 18.2 Å². The molecular formula is C20H33N7O5S. The molecule has 12 nitrogen and oxygen atoms in total. The summed E-state index contributed by atoms with van der Waals surface area (Å²) in [6.45, 7) is 0.751. The number of carbonyl (C=O) groups is 4. The maximum Gasteiger partial charge on any atom is 0.326 e. The topological polar surface area (TPSA) is 197 Å². The van der Waals surface area contributed by atoms with Gasteiger partial charge < -0.3 is 37.1 Å². The first kappa shape index (κ1) is 26.6. The van der Waals surface area contributed by atoms with Crippen LogP contribution < -0.4 is 22.1 Å². The zero-order valence-corrected chi connectivity index (χ0v) is 19.3. The predicted molar refractivity (Wildman–Crippen MR) is 123 cm³/mol. The third-order valence-electron chi connectivity index (χ3n) is 5.53. The van der Waals surface area contributed by atoms with Crippen molar-refractivity contribution in [1.29, 1.82) is 0 Å². The Labute approximate surface area is 197 Å². The van der Waals surface area contributed by atoms with Crippen LogP contribution in [0.1, 0.15) is 37.8 Å². The first-order valence-corrected chi connectivity index (χ1v) is 11.6. The lowest BCUT2D eigenvalue weighted by atomic mass is 10.1. The lowest BCUT2D eigenvalue weighted by molar-refractivity contribution is -0.145. The monoisotopic (exact) mass is 483 g/mol. The maximum absolute atomic E-state index is 13.4. The summed E-state index contributed by atoms with van der Waals surface area (Å²) >= 11 is 4.02. The summed E-state index contributed by atoms with van der Waals surface area (Å²) in [6, 6.07) is -3.76. The van der Waals surface area contributed by atoms with Crippen LogP contribution in [0.15, 0.2) is 12.5 Å². The summed E-state index contributed by atoms with van der Waals surface area (Å²) in [7, 11) is 0. The van der Waals surface area contributed by atoms with Gasteiger partial charge in [0.15, 0.2) is 0 Å². The van der Waals surface area contributed by atoms with Crippen LogP contribution in [-0.4, -0.2) is 86.7 Å². The number of hydrogen-bond donors (Lipinski definition) is 7. The largest absolute Gasteiger partial charge is 0.480 e. The van der Waals surface area contributed by atoms with Gasteiger partial charge in [0.1, 0.15) is 18.1 Å². The summed E-state index contributed by atoms with van der Waals surface area (Å²) < 4.78 is 0. The number of aliphatic carboxylic acids is 1. The third-order valence-corrected chi connectivity index (χ3v) is 5.92. The number of hydrogen-bond acceptors (Lipinski definition) is 8. The Kier molecular flexibility index (Phi) is 10.6. The number of amides is 3. The zero-order chi connectivity index (χ0) is 24.4. The van der Waals surface area contributed by atoms with E-state index in [0.717, 1.165) is 0 Å². The van der Waals surface area contributed by atoms with Gasteiger partial charge in [-0.05, 0) is 38.6 Å². The molecule has 4 atom stereocenters. The Morgan fingerprint density at radius 3 is 2.64 bits per heavy atom. The summed E-state index contributed by atoms with van der Waals surface area (Å²) in [5.74, 6) is -2.54. The van der Waals surface area contributed by atoms with Crippen molar-refractivity contribution in [2.75, 3.05) is 18.8 Å². The quantitative estimate of drug-likeness (QED) is 0.128. The van der Waals surface area contributed by atoms with Crippen molar-refractivity contribution >= 4 is 36.3 Å². The van der Waals surface area contributed by atoms with Gasteiger partial charge in [-0.1, -0.05) is 0 Å². The van der Waals surface area contributed by atoms with Crippen LogP contribution in [0, 0.1) is 0 Å². The molecule has 0 bridgehead atoms. The van der Waals surface area contributed by atoms with Crippen LogP contribution in [0.3, 0.4) is 0 Å². The third kappa shape index (κ3) is 7.72. The van der Waals surface area contributed by atoms with Crippen molar-refractivity contribution < 1.29 is 24.3 Å². The van der Waals surface area contributed by atoms with Gasteiger partial charge in [0, 0.05) is 30.6 Å². The van der Waals surface area contributed by atoms with E-state index in [1.54, 1.807) is 0 Å². The lowest BCUT2D eigenvalue weighted by Gasteiger charge is -2.29. The summed E-state index contributed by atoms with van der Waals surface area (Å²) in [5, 5.41) is 14.6. The van der Waals surface area contributed by atoms with E-state index in [0.29, 0.717) is 44.5 Å². The number of H-pyrrole nitrogens is 1. The van der Waals surface area contributed by atoms with Crippen molar-refractivity contribution in [2.24, 2.45) is 11.5 Å². The highest BCUT2D eigenvalue weighted by Gasteiger charge is 2.39. The number of aromatic nitrogens is 2. The molecule has 4 unspecified atom stereocenters. The van der Waals surface area contributed by atoms with E-state index < -0.39 is 47.9 Å². The minimum Gasteiger partial charge on any atom is -0.480 e. The number of nitrogens with two attached hydrogens (primary N) is 2. The molecule has 8 N–H and O–H groups in total. The van der Waals surface area contributed by atoms with Gasteiger partial charge in [-0.25, -0.2) is 9.78 Å². The van der Waals surface area contributed by atoms with Crippen LogP contribution >= 0.6 is 12.6 Å². The SMILES string of the molecule is NCCCCC(NC(=O)C1CCCN1C(=O)C(Cc1cnc[nH]1)NC(=O)C(N)CS)C(=O)O. The fourth-order valence-electron chi connectivity index (χ4n) is 3.70. The first-order valence-electron chi connectivity index (χ1n) is 11.0. The van der Waals surface area contributed by atoms with E-state index in [9.17, 15) is 24.3 Å². The number of thiol groups is 1. The summed E-state index contributed by atoms with van der Waals surface area (Å²) in [5.41, 5.74) is 11.8. The molecule has 0 spiro atoms. The Hall–Kier alpha value is -2.64. The summed E-state index contributed by atoms with van der Waals surface area (Å²) in [4.78, 5) is 58.4. The molecule has 184 valence electrons. The fourth-order valence-corrected chi connectivity index (χ4v) is 3.87. The second-order valence-corrected chi connectivity index (χ2v) is 8.37. The van der Waals surface area contributed by atoms with E-state index in [2.05, 4.69) is 33.2 Å². The molecular weight excluding hydrogens is 450 g/mol. The maximum atomic E-state index is 13.4. The molecule has 1 aromatic rings. The number of rotatable bonds is 13. The first-order chi connectivity index (χ1) is 15.8. The standard InChI is InChI=1S/C20H33N7O5S/c21-6-2-1-4-14(20(31)32)25-18(29)16-5-3-7-27(16)19(30)15(8-12-9-23-11-24-12)26-17(28)13(22)10-33/h9,11,13-16,33H,1-8,10,21-22H2,(H,23,24)(H,25,29)(H,26,28)(H,31,32). The van der Waals surface area contributed by atoms with Gasteiger partial charge in [-0.15, -0.1) is 0 Å². The Morgan fingerprint density at radius 1 is 1.27 bits per heavy atom. The molecule has 33 heavy (non-hydrogen) atoms. The molecule has 1 aromatic heterocycles. The molecule has 0 saturated carbocycles. The molecule has 0 aliphatic carbocycles. The van der Waals surface area contributed by atoms with Crippen LogP contribution in [0.25, 0.3) is 0 Å². The van der Waals surface area contributed by atoms with Crippen molar-refractivity contribution in [2.45, 2.75) is 62.7 Å². The average Bonchev–Trinajstić information content (AvgIpc) is 3.48.